The summed E-state index contributed by atoms with van der Waals surface area (Å²) in [5.41, 5.74) is 0.637. The molecular weight excluding hydrogens is 424 g/mol. The smallest absolute Gasteiger partial charge is 0.251 e. The molecule has 2 heterocycles. The number of rotatable bonds is 2. The molecule has 0 radical (unpaired) electrons. The molecule has 0 saturated carbocycles. The van der Waals surface area contributed by atoms with E-state index in [4.69, 9.17) is 0 Å². The van der Waals surface area contributed by atoms with Crippen LogP contribution in [0.3, 0.4) is 0 Å². The Balaban J connectivity index is 1.81. The average Bonchev–Trinajstić information content (AvgIpc) is 2.75. The third-order valence-corrected chi connectivity index (χ3v) is 5.73. The number of amides is 2. The summed E-state index contributed by atoms with van der Waals surface area (Å²) in [4.78, 5) is 28.9. The molecule has 3 rings (SSSR count). The molecule has 1 aromatic carbocycles. The number of hydrogen-bond donors (Lipinski definition) is 0. The standard InChI is InChI=1S/C17H20Br2N2O2/c18-12-6-7-14(13(19)10-12)21-16(22)11-15(17(21)23)20-8-4-2-1-3-5-9-20/h6-7,10,15H,1-5,8-9,11H2. The Hall–Kier alpha value is -0.720. The van der Waals surface area contributed by atoms with E-state index in [0.717, 1.165) is 34.9 Å². The lowest BCUT2D eigenvalue weighted by Gasteiger charge is -2.29. The van der Waals surface area contributed by atoms with Gasteiger partial charge in [-0.25, -0.2) is 4.90 Å². The molecule has 0 N–H and O–H groups in total. The Labute approximate surface area is 153 Å². The molecule has 0 spiro atoms. The first kappa shape index (κ1) is 17.1. The molecule has 2 fully saturated rings. The van der Waals surface area contributed by atoms with Gasteiger partial charge in [-0.1, -0.05) is 35.2 Å². The van der Waals surface area contributed by atoms with Gasteiger partial charge in [0.2, 0.25) is 5.91 Å². The topological polar surface area (TPSA) is 40.6 Å². The van der Waals surface area contributed by atoms with Crippen LogP contribution in [0.15, 0.2) is 27.1 Å². The number of carbonyl (C=O) groups excluding carboxylic acids is 2. The summed E-state index contributed by atoms with van der Waals surface area (Å²) >= 11 is 6.86. The van der Waals surface area contributed by atoms with Gasteiger partial charge in [-0.05, 0) is 60.1 Å². The van der Waals surface area contributed by atoms with E-state index in [-0.39, 0.29) is 17.9 Å². The molecule has 124 valence electrons. The Kier molecular flexibility index (Phi) is 5.54. The summed E-state index contributed by atoms with van der Waals surface area (Å²) in [6, 6.07) is 5.22. The van der Waals surface area contributed by atoms with Gasteiger partial charge in [0.1, 0.15) is 0 Å². The van der Waals surface area contributed by atoms with Crippen LogP contribution < -0.4 is 4.90 Å². The lowest BCUT2D eigenvalue weighted by molar-refractivity contribution is -0.123. The second kappa shape index (κ2) is 7.45. The van der Waals surface area contributed by atoms with Gasteiger partial charge >= 0.3 is 0 Å². The number of hydrogen-bond acceptors (Lipinski definition) is 3. The van der Waals surface area contributed by atoms with Gasteiger partial charge < -0.3 is 0 Å². The van der Waals surface area contributed by atoms with E-state index in [1.54, 1.807) is 6.07 Å². The molecule has 2 saturated heterocycles. The Morgan fingerprint density at radius 1 is 0.957 bits per heavy atom. The third-order valence-electron chi connectivity index (χ3n) is 4.60. The van der Waals surface area contributed by atoms with Crippen LogP contribution in [-0.2, 0) is 9.59 Å². The van der Waals surface area contributed by atoms with Crippen LogP contribution in [0.5, 0.6) is 0 Å². The molecule has 4 nitrogen and oxygen atoms in total. The van der Waals surface area contributed by atoms with Crippen molar-refractivity contribution < 1.29 is 9.59 Å². The zero-order valence-electron chi connectivity index (χ0n) is 12.9. The minimum absolute atomic E-state index is 0.0846. The molecule has 2 aliphatic heterocycles. The van der Waals surface area contributed by atoms with Gasteiger partial charge in [0.15, 0.2) is 0 Å². The molecule has 2 aliphatic rings. The fourth-order valence-electron chi connectivity index (χ4n) is 3.40. The van der Waals surface area contributed by atoms with Gasteiger partial charge in [0.05, 0.1) is 18.2 Å². The summed E-state index contributed by atoms with van der Waals surface area (Å²) in [6.45, 7) is 1.83. The summed E-state index contributed by atoms with van der Waals surface area (Å²) in [7, 11) is 0. The van der Waals surface area contributed by atoms with Gasteiger partial charge in [0, 0.05) is 8.95 Å². The number of likely N-dealkylation sites (tertiary alicyclic amines) is 1. The Morgan fingerprint density at radius 2 is 1.61 bits per heavy atom. The maximum Gasteiger partial charge on any atom is 0.251 e. The van der Waals surface area contributed by atoms with E-state index in [1.165, 1.54) is 24.2 Å². The van der Waals surface area contributed by atoms with Crippen LogP contribution in [0.2, 0.25) is 0 Å². The van der Waals surface area contributed by atoms with Crippen LogP contribution in [-0.4, -0.2) is 35.8 Å². The fraction of sp³-hybridized carbons (Fsp3) is 0.529. The lowest BCUT2D eigenvalue weighted by atomic mass is 10.1. The summed E-state index contributed by atoms with van der Waals surface area (Å²) < 4.78 is 1.66. The average molecular weight is 444 g/mol. The SMILES string of the molecule is O=C1CC(N2CCCCCCC2)C(=O)N1c1ccc(Br)cc1Br. The van der Waals surface area contributed by atoms with Crippen molar-refractivity contribution in [3.63, 3.8) is 0 Å². The maximum absolute atomic E-state index is 12.9. The third kappa shape index (κ3) is 3.69. The monoisotopic (exact) mass is 442 g/mol. The highest BCUT2D eigenvalue weighted by atomic mass is 79.9. The second-order valence-electron chi connectivity index (χ2n) is 6.19. The van der Waals surface area contributed by atoms with Crippen LogP contribution >= 0.6 is 31.9 Å². The van der Waals surface area contributed by atoms with Crippen molar-refractivity contribution in [3.8, 4) is 0 Å². The van der Waals surface area contributed by atoms with E-state index in [0.29, 0.717) is 12.1 Å². The van der Waals surface area contributed by atoms with E-state index >= 15 is 0 Å². The van der Waals surface area contributed by atoms with E-state index in [9.17, 15) is 9.59 Å². The quantitative estimate of drug-likeness (QED) is 0.645. The molecule has 2 amide bonds. The second-order valence-corrected chi connectivity index (χ2v) is 7.96. The highest BCUT2D eigenvalue weighted by molar-refractivity contribution is 9.11. The normalized spacial score (nSPS) is 23.9. The van der Waals surface area contributed by atoms with Crippen LogP contribution in [0.1, 0.15) is 38.5 Å². The van der Waals surface area contributed by atoms with Gasteiger partial charge in [-0.15, -0.1) is 0 Å². The van der Waals surface area contributed by atoms with Crippen molar-refractivity contribution in [1.29, 1.82) is 0 Å². The number of halogens is 2. The van der Waals surface area contributed by atoms with Gasteiger partial charge in [-0.3, -0.25) is 14.5 Å². The molecule has 0 bridgehead atoms. The summed E-state index contributed by atoms with van der Waals surface area (Å²) in [5.74, 6) is -0.191. The largest absolute Gasteiger partial charge is 0.292 e. The maximum atomic E-state index is 12.9. The first-order valence-corrected chi connectivity index (χ1v) is 9.72. The molecule has 1 aromatic rings. The number of anilines is 1. The van der Waals surface area contributed by atoms with E-state index in [1.807, 2.05) is 12.1 Å². The highest BCUT2D eigenvalue weighted by Crippen LogP contribution is 2.34. The first-order valence-electron chi connectivity index (χ1n) is 8.14. The van der Waals surface area contributed by atoms with Crippen molar-refractivity contribution in [1.82, 2.24) is 4.90 Å². The molecular formula is C17H20Br2N2O2. The molecule has 23 heavy (non-hydrogen) atoms. The van der Waals surface area contributed by atoms with E-state index in [2.05, 4.69) is 36.8 Å². The summed E-state index contributed by atoms with van der Waals surface area (Å²) in [6.07, 6.45) is 6.23. The lowest BCUT2D eigenvalue weighted by Crippen LogP contribution is -2.43. The fourth-order valence-corrected chi connectivity index (χ4v) is 4.62. The van der Waals surface area contributed by atoms with Crippen molar-refractivity contribution in [2.45, 2.75) is 44.6 Å². The number of nitrogens with zero attached hydrogens (tertiary/aromatic N) is 2. The predicted molar refractivity (Wildman–Crippen MR) is 97.4 cm³/mol. The minimum atomic E-state index is -0.295. The van der Waals surface area contributed by atoms with Crippen LogP contribution in [0.4, 0.5) is 5.69 Å². The highest BCUT2D eigenvalue weighted by Gasteiger charge is 2.43. The molecule has 0 aromatic heterocycles. The van der Waals surface area contributed by atoms with Crippen LogP contribution in [0.25, 0.3) is 0 Å². The Morgan fingerprint density at radius 3 is 2.26 bits per heavy atom. The number of carbonyl (C=O) groups is 2. The Bertz CT molecular complexity index is 613. The summed E-state index contributed by atoms with van der Waals surface area (Å²) in [5, 5.41) is 0. The first-order chi connectivity index (χ1) is 11.1. The van der Waals surface area contributed by atoms with Crippen molar-refractivity contribution in [2.75, 3.05) is 18.0 Å². The molecule has 1 unspecified atom stereocenters. The van der Waals surface area contributed by atoms with Crippen molar-refractivity contribution >= 4 is 49.4 Å². The van der Waals surface area contributed by atoms with Gasteiger partial charge in [0.25, 0.3) is 5.91 Å². The van der Waals surface area contributed by atoms with Crippen molar-refractivity contribution in [3.05, 3.63) is 27.1 Å². The van der Waals surface area contributed by atoms with Crippen LogP contribution in [0, 0.1) is 0 Å². The zero-order valence-corrected chi connectivity index (χ0v) is 16.1. The predicted octanol–water partition coefficient (Wildman–Crippen LogP) is 4.11. The molecule has 0 aliphatic carbocycles. The van der Waals surface area contributed by atoms with Crippen molar-refractivity contribution in [2.24, 2.45) is 0 Å². The molecule has 6 heteroatoms. The number of imide groups is 1. The van der Waals surface area contributed by atoms with Gasteiger partial charge in [-0.2, -0.15) is 0 Å². The zero-order chi connectivity index (χ0) is 16.4. The minimum Gasteiger partial charge on any atom is -0.292 e. The van der Waals surface area contributed by atoms with E-state index < -0.39 is 0 Å². The number of benzene rings is 1. The molecule has 1 atom stereocenters.